The number of carbonyl (C=O) groups excluding carboxylic acids is 1. The molecule has 0 unspecified atom stereocenters. The first kappa shape index (κ1) is 14.6. The molecule has 0 saturated heterocycles. The van der Waals surface area contributed by atoms with E-state index in [1.165, 1.54) is 0 Å². The molecular formula is C16H14Br2N2O. The molecule has 1 aliphatic rings. The molecule has 21 heavy (non-hydrogen) atoms. The molecule has 1 heterocycles. The molecule has 0 atom stereocenters. The fraction of sp³-hybridized carbons (Fsp3) is 0.188. The molecule has 2 N–H and O–H groups in total. The molecule has 3 nitrogen and oxygen atoms in total. The van der Waals surface area contributed by atoms with Crippen molar-refractivity contribution < 1.29 is 4.79 Å². The van der Waals surface area contributed by atoms with Gasteiger partial charge in [-0.3, -0.25) is 4.79 Å². The maximum absolute atomic E-state index is 12.6. The van der Waals surface area contributed by atoms with Gasteiger partial charge in [0.2, 0.25) is 0 Å². The van der Waals surface area contributed by atoms with Crippen molar-refractivity contribution in [2.45, 2.75) is 12.8 Å². The van der Waals surface area contributed by atoms with Crippen molar-refractivity contribution in [1.29, 1.82) is 0 Å². The second-order valence-electron chi connectivity index (χ2n) is 4.94. The van der Waals surface area contributed by atoms with Gasteiger partial charge in [0.15, 0.2) is 0 Å². The number of carbonyl (C=O) groups is 1. The Morgan fingerprint density at radius 3 is 2.86 bits per heavy atom. The summed E-state index contributed by atoms with van der Waals surface area (Å²) in [4.78, 5) is 12.6. The number of hydrogen-bond acceptors (Lipinski definition) is 2. The third-order valence-electron chi connectivity index (χ3n) is 3.52. The van der Waals surface area contributed by atoms with E-state index >= 15 is 0 Å². The summed E-state index contributed by atoms with van der Waals surface area (Å²) in [6.07, 6.45) is 1.99. The Bertz CT molecular complexity index is 701. The molecule has 0 spiro atoms. The fourth-order valence-electron chi connectivity index (χ4n) is 2.50. The van der Waals surface area contributed by atoms with Gasteiger partial charge in [0.05, 0.1) is 5.69 Å². The molecule has 2 aromatic rings. The molecule has 1 amide bonds. The number of anilines is 2. The Balaban J connectivity index is 1.89. The Morgan fingerprint density at radius 1 is 1.19 bits per heavy atom. The van der Waals surface area contributed by atoms with Crippen molar-refractivity contribution in [3.05, 3.63) is 56.5 Å². The topological polar surface area (TPSA) is 41.1 Å². The standard InChI is InChI=1S/C16H14Br2N2O/c17-10-6-7-15(13(18)9-10)20-16(21)12-3-1-5-14-11(12)4-2-8-19-14/h1,3,5-7,9,19H,2,4,8H2,(H,20,21). The minimum absolute atomic E-state index is 0.0708. The van der Waals surface area contributed by atoms with Crippen LogP contribution >= 0.6 is 31.9 Å². The molecule has 2 aromatic carbocycles. The van der Waals surface area contributed by atoms with Crippen LogP contribution < -0.4 is 10.6 Å². The summed E-state index contributed by atoms with van der Waals surface area (Å²) in [7, 11) is 0. The zero-order valence-electron chi connectivity index (χ0n) is 11.2. The largest absolute Gasteiger partial charge is 0.385 e. The van der Waals surface area contributed by atoms with Crippen LogP contribution in [-0.4, -0.2) is 12.5 Å². The average molecular weight is 410 g/mol. The van der Waals surface area contributed by atoms with Crippen molar-refractivity contribution >= 4 is 49.1 Å². The Labute approximate surface area is 140 Å². The fourth-order valence-corrected chi connectivity index (χ4v) is 3.65. The molecule has 0 bridgehead atoms. The van der Waals surface area contributed by atoms with E-state index in [9.17, 15) is 4.79 Å². The smallest absolute Gasteiger partial charge is 0.256 e. The van der Waals surface area contributed by atoms with E-state index in [4.69, 9.17) is 0 Å². The highest BCUT2D eigenvalue weighted by atomic mass is 79.9. The normalized spacial score (nSPS) is 13.2. The third kappa shape index (κ3) is 3.14. The summed E-state index contributed by atoms with van der Waals surface area (Å²) in [5.41, 5.74) is 3.69. The van der Waals surface area contributed by atoms with Crippen molar-refractivity contribution in [3.63, 3.8) is 0 Å². The third-order valence-corrected chi connectivity index (χ3v) is 4.67. The first-order valence-corrected chi connectivity index (χ1v) is 8.36. The highest BCUT2D eigenvalue weighted by molar-refractivity contribution is 9.11. The van der Waals surface area contributed by atoms with Crippen LogP contribution in [0.3, 0.4) is 0 Å². The predicted molar refractivity (Wildman–Crippen MR) is 93.0 cm³/mol. The SMILES string of the molecule is O=C(Nc1ccc(Br)cc1Br)c1cccc2c1CCCN2. The van der Waals surface area contributed by atoms with E-state index in [1.807, 2.05) is 36.4 Å². The van der Waals surface area contributed by atoms with Gasteiger partial charge >= 0.3 is 0 Å². The average Bonchev–Trinajstić information content (AvgIpc) is 2.49. The lowest BCUT2D eigenvalue weighted by Crippen LogP contribution is -2.19. The molecule has 5 heteroatoms. The molecule has 0 saturated carbocycles. The van der Waals surface area contributed by atoms with E-state index in [1.54, 1.807) is 0 Å². The lowest BCUT2D eigenvalue weighted by molar-refractivity contribution is 0.102. The minimum Gasteiger partial charge on any atom is -0.385 e. The molecular weight excluding hydrogens is 396 g/mol. The number of rotatable bonds is 2. The zero-order valence-corrected chi connectivity index (χ0v) is 14.4. The van der Waals surface area contributed by atoms with Crippen LogP contribution in [0.25, 0.3) is 0 Å². The first-order valence-electron chi connectivity index (χ1n) is 6.77. The Hall–Kier alpha value is -1.33. The van der Waals surface area contributed by atoms with Crippen LogP contribution in [0.2, 0.25) is 0 Å². The van der Waals surface area contributed by atoms with Crippen molar-refractivity contribution in [1.82, 2.24) is 0 Å². The second kappa shape index (κ2) is 6.20. The van der Waals surface area contributed by atoms with Gasteiger partial charge in [0.1, 0.15) is 0 Å². The van der Waals surface area contributed by atoms with Gasteiger partial charge in [-0.1, -0.05) is 22.0 Å². The number of nitrogens with one attached hydrogen (secondary N) is 2. The molecule has 0 aliphatic carbocycles. The highest BCUT2D eigenvalue weighted by Crippen LogP contribution is 2.29. The summed E-state index contributed by atoms with van der Waals surface area (Å²) in [5, 5.41) is 6.31. The molecule has 0 fully saturated rings. The predicted octanol–water partition coefficient (Wildman–Crippen LogP) is 4.82. The number of benzene rings is 2. The molecule has 108 valence electrons. The first-order chi connectivity index (χ1) is 10.1. The number of halogens is 2. The van der Waals surface area contributed by atoms with E-state index in [0.29, 0.717) is 0 Å². The summed E-state index contributed by atoms with van der Waals surface area (Å²) in [5.74, 6) is -0.0708. The summed E-state index contributed by atoms with van der Waals surface area (Å²) in [6, 6.07) is 11.5. The highest BCUT2D eigenvalue weighted by Gasteiger charge is 2.17. The summed E-state index contributed by atoms with van der Waals surface area (Å²) in [6.45, 7) is 0.969. The van der Waals surface area contributed by atoms with Gasteiger partial charge < -0.3 is 10.6 Å². The number of amides is 1. The molecule has 0 aromatic heterocycles. The molecule has 1 aliphatic heterocycles. The monoisotopic (exact) mass is 408 g/mol. The van der Waals surface area contributed by atoms with Gasteiger partial charge in [-0.15, -0.1) is 0 Å². The minimum atomic E-state index is -0.0708. The van der Waals surface area contributed by atoms with Crippen molar-refractivity contribution in [3.8, 4) is 0 Å². The van der Waals surface area contributed by atoms with Crippen LogP contribution in [0.5, 0.6) is 0 Å². The van der Waals surface area contributed by atoms with Crippen molar-refractivity contribution in [2.24, 2.45) is 0 Å². The van der Waals surface area contributed by atoms with Crippen LogP contribution in [-0.2, 0) is 6.42 Å². The van der Waals surface area contributed by atoms with Crippen molar-refractivity contribution in [2.75, 3.05) is 17.2 Å². The van der Waals surface area contributed by atoms with Crippen LogP contribution in [0, 0.1) is 0 Å². The van der Waals surface area contributed by atoms with Crippen LogP contribution in [0.4, 0.5) is 11.4 Å². The van der Waals surface area contributed by atoms with Gasteiger partial charge in [0.25, 0.3) is 5.91 Å². The Kier molecular flexibility index (Phi) is 4.31. The lowest BCUT2D eigenvalue weighted by atomic mass is 9.97. The van der Waals surface area contributed by atoms with Gasteiger partial charge in [-0.25, -0.2) is 0 Å². The molecule has 3 rings (SSSR count). The van der Waals surface area contributed by atoms with E-state index < -0.39 is 0 Å². The van der Waals surface area contributed by atoms with Crippen LogP contribution in [0.15, 0.2) is 45.3 Å². The lowest BCUT2D eigenvalue weighted by Gasteiger charge is -2.20. The summed E-state index contributed by atoms with van der Waals surface area (Å²) < 4.78 is 1.82. The quantitative estimate of drug-likeness (QED) is 0.746. The van der Waals surface area contributed by atoms with E-state index in [-0.39, 0.29) is 5.91 Å². The van der Waals surface area contributed by atoms with Gasteiger partial charge in [0, 0.05) is 26.7 Å². The molecule has 0 radical (unpaired) electrons. The van der Waals surface area contributed by atoms with E-state index in [2.05, 4.69) is 42.5 Å². The maximum atomic E-state index is 12.6. The second-order valence-corrected chi connectivity index (χ2v) is 6.71. The van der Waals surface area contributed by atoms with E-state index in [0.717, 1.165) is 50.8 Å². The number of hydrogen-bond donors (Lipinski definition) is 2. The summed E-state index contributed by atoms with van der Waals surface area (Å²) >= 11 is 6.87. The van der Waals surface area contributed by atoms with Gasteiger partial charge in [-0.2, -0.15) is 0 Å². The number of fused-ring (bicyclic) bond motifs is 1. The van der Waals surface area contributed by atoms with Gasteiger partial charge in [-0.05, 0) is 64.7 Å². The Morgan fingerprint density at radius 2 is 2.05 bits per heavy atom. The van der Waals surface area contributed by atoms with Crippen LogP contribution in [0.1, 0.15) is 22.3 Å². The zero-order chi connectivity index (χ0) is 14.8. The maximum Gasteiger partial charge on any atom is 0.256 e.